The van der Waals surface area contributed by atoms with E-state index in [0.29, 0.717) is 6.07 Å². The van der Waals surface area contributed by atoms with Crippen molar-refractivity contribution < 1.29 is 37.0 Å². The third-order valence-corrected chi connectivity index (χ3v) is 4.97. The van der Waals surface area contributed by atoms with E-state index in [-0.39, 0.29) is 37.7 Å². The van der Waals surface area contributed by atoms with E-state index < -0.39 is 42.1 Å². The zero-order valence-corrected chi connectivity index (χ0v) is 15.9. The smallest absolute Gasteiger partial charge is 0.406 e. The third-order valence-electron chi connectivity index (χ3n) is 4.97. The number of nitrogens with two attached hydrogens (primary N) is 1. The van der Waals surface area contributed by atoms with Crippen molar-refractivity contribution in [2.75, 3.05) is 13.1 Å². The largest absolute Gasteiger partial charge is 0.573 e. The minimum absolute atomic E-state index is 0.0175. The summed E-state index contributed by atoms with van der Waals surface area (Å²) >= 11 is 0. The van der Waals surface area contributed by atoms with E-state index >= 15 is 0 Å². The normalized spacial score (nSPS) is 21.8. The molecule has 0 radical (unpaired) electrons. The van der Waals surface area contributed by atoms with E-state index in [4.69, 9.17) is 5.73 Å². The van der Waals surface area contributed by atoms with Gasteiger partial charge in [-0.3, -0.25) is 0 Å². The molecule has 0 bridgehead atoms. The average Bonchev–Trinajstić information content (AvgIpc) is 3.44. The number of piperidine rings is 1. The number of nitrogens with one attached hydrogen (secondary N) is 1. The van der Waals surface area contributed by atoms with Gasteiger partial charge in [0.15, 0.2) is 0 Å². The van der Waals surface area contributed by atoms with Gasteiger partial charge in [-0.05, 0) is 25.3 Å². The predicted molar refractivity (Wildman–Crippen MR) is 95.7 cm³/mol. The number of alkyl halides is 3. The Morgan fingerprint density at radius 2 is 1.97 bits per heavy atom. The second kappa shape index (κ2) is 8.54. The van der Waals surface area contributed by atoms with Crippen LogP contribution >= 0.6 is 0 Å². The number of rotatable bonds is 5. The molecule has 1 aliphatic carbocycles. The van der Waals surface area contributed by atoms with Crippen LogP contribution in [-0.4, -0.2) is 64.6 Å². The molecule has 1 saturated heterocycles. The van der Waals surface area contributed by atoms with Gasteiger partial charge < -0.3 is 30.7 Å². The van der Waals surface area contributed by atoms with Crippen molar-refractivity contribution in [3.63, 3.8) is 0 Å². The van der Waals surface area contributed by atoms with E-state index in [1.54, 1.807) is 0 Å². The number of aliphatic hydroxyl groups is 1. The summed E-state index contributed by atoms with van der Waals surface area (Å²) in [4.78, 5) is 27.0. The average molecular weight is 434 g/mol. The molecule has 8 nitrogen and oxygen atoms in total. The molecule has 30 heavy (non-hydrogen) atoms. The Morgan fingerprint density at radius 1 is 1.27 bits per heavy atom. The lowest BCUT2D eigenvalue weighted by Gasteiger charge is -2.40. The summed E-state index contributed by atoms with van der Waals surface area (Å²) in [6, 6.07) is 0.907. The van der Waals surface area contributed by atoms with Gasteiger partial charge in [-0.1, -0.05) is 6.07 Å². The molecule has 2 aliphatic rings. The van der Waals surface area contributed by atoms with Crippen molar-refractivity contribution in [2.45, 2.75) is 50.4 Å². The first kappa shape index (κ1) is 21.9. The van der Waals surface area contributed by atoms with Gasteiger partial charge in [0, 0.05) is 37.3 Å². The van der Waals surface area contributed by atoms with Crippen LogP contribution in [-0.2, 0) is 6.54 Å². The molecule has 2 atom stereocenters. The number of hydrogen-bond donors (Lipinski definition) is 3. The minimum atomic E-state index is -4.93. The van der Waals surface area contributed by atoms with Crippen LogP contribution in [0, 0.1) is 5.82 Å². The molecular weight excluding hydrogens is 412 g/mol. The van der Waals surface area contributed by atoms with E-state index in [1.807, 2.05) is 0 Å². The van der Waals surface area contributed by atoms with Gasteiger partial charge in [-0.2, -0.15) is 0 Å². The van der Waals surface area contributed by atoms with Gasteiger partial charge >= 0.3 is 18.4 Å². The maximum absolute atomic E-state index is 14.1. The number of hydrogen-bond acceptors (Lipinski definition) is 4. The van der Waals surface area contributed by atoms with Gasteiger partial charge in [-0.25, -0.2) is 14.0 Å². The minimum Gasteiger partial charge on any atom is -0.406 e. The second-order valence-corrected chi connectivity index (χ2v) is 7.38. The Hall–Kier alpha value is -2.76. The standard InChI is InChI=1S/C18H22F4N4O4/c19-15-6-14(30-18(20,21)22)4-1-10(15)7-24-17(29)26(11-2-3-11)12-5-13(27)9-25(8-12)16(23)28/h1,4,6,11-13,27H,2-3,5,7-9H2,(H2,23,28)(H,24,29)/t12-,13-/m1/s1. The highest BCUT2D eigenvalue weighted by Crippen LogP contribution is 2.32. The summed E-state index contributed by atoms with van der Waals surface area (Å²) in [5, 5.41) is 12.6. The monoisotopic (exact) mass is 434 g/mol. The van der Waals surface area contributed by atoms with Gasteiger partial charge in [0.1, 0.15) is 11.6 Å². The molecule has 4 amide bonds. The molecule has 1 saturated carbocycles. The molecule has 166 valence electrons. The highest BCUT2D eigenvalue weighted by molar-refractivity contribution is 5.76. The molecule has 1 aliphatic heterocycles. The lowest BCUT2D eigenvalue weighted by Crippen LogP contribution is -2.58. The summed E-state index contributed by atoms with van der Waals surface area (Å²) in [6.45, 7) is 0.00661. The van der Waals surface area contributed by atoms with Crippen molar-refractivity contribution in [2.24, 2.45) is 5.73 Å². The highest BCUT2D eigenvalue weighted by atomic mass is 19.4. The number of carbonyl (C=O) groups is 2. The van der Waals surface area contributed by atoms with Crippen LogP contribution in [0.5, 0.6) is 5.75 Å². The first-order valence-corrected chi connectivity index (χ1v) is 9.36. The lowest BCUT2D eigenvalue weighted by molar-refractivity contribution is -0.274. The van der Waals surface area contributed by atoms with E-state index in [0.717, 1.165) is 25.0 Å². The Morgan fingerprint density at radius 3 is 2.53 bits per heavy atom. The Labute approximate surface area is 169 Å². The number of likely N-dealkylation sites (tertiary alicyclic amines) is 1. The summed E-state index contributed by atoms with van der Waals surface area (Å²) < 4.78 is 54.4. The van der Waals surface area contributed by atoms with Crippen molar-refractivity contribution in [3.05, 3.63) is 29.6 Å². The molecular formula is C18H22F4N4O4. The maximum Gasteiger partial charge on any atom is 0.573 e. The fraction of sp³-hybridized carbons (Fsp3) is 0.556. The lowest BCUT2D eigenvalue weighted by atomic mass is 10.0. The zero-order chi connectivity index (χ0) is 22.1. The van der Waals surface area contributed by atoms with Crippen LogP contribution in [0.15, 0.2) is 18.2 Å². The second-order valence-electron chi connectivity index (χ2n) is 7.38. The molecule has 12 heteroatoms. The number of aliphatic hydroxyl groups excluding tert-OH is 1. The first-order valence-electron chi connectivity index (χ1n) is 9.36. The molecule has 1 aromatic carbocycles. The number of halogens is 4. The topological polar surface area (TPSA) is 108 Å². The molecule has 1 aromatic rings. The van der Waals surface area contributed by atoms with Crippen LogP contribution in [0.25, 0.3) is 0 Å². The highest BCUT2D eigenvalue weighted by Gasteiger charge is 2.41. The molecule has 2 fully saturated rings. The molecule has 1 heterocycles. The predicted octanol–water partition coefficient (Wildman–Crippen LogP) is 1.91. The maximum atomic E-state index is 14.1. The quantitative estimate of drug-likeness (QED) is 0.616. The van der Waals surface area contributed by atoms with Gasteiger partial charge in [0.05, 0.1) is 12.1 Å². The third kappa shape index (κ3) is 5.65. The van der Waals surface area contributed by atoms with Crippen LogP contribution in [0.3, 0.4) is 0 Å². The van der Waals surface area contributed by atoms with Crippen molar-refractivity contribution in [3.8, 4) is 5.75 Å². The van der Waals surface area contributed by atoms with E-state index in [9.17, 15) is 32.3 Å². The van der Waals surface area contributed by atoms with Crippen LogP contribution in [0.1, 0.15) is 24.8 Å². The molecule has 3 rings (SSSR count). The molecule has 0 aromatic heterocycles. The zero-order valence-electron chi connectivity index (χ0n) is 15.9. The summed E-state index contributed by atoms with van der Waals surface area (Å²) in [7, 11) is 0. The number of primary amides is 1. The number of carbonyl (C=O) groups excluding carboxylic acids is 2. The van der Waals surface area contributed by atoms with Gasteiger partial charge in [0.25, 0.3) is 0 Å². The molecule has 0 unspecified atom stereocenters. The summed E-state index contributed by atoms with van der Waals surface area (Å²) in [5.74, 6) is -1.65. The SMILES string of the molecule is NC(=O)N1C[C@H](O)C[C@@H](N(C(=O)NCc2ccc(OC(F)(F)F)cc2F)C2CC2)C1. The van der Waals surface area contributed by atoms with Crippen molar-refractivity contribution in [1.82, 2.24) is 15.1 Å². The number of amides is 4. The fourth-order valence-corrected chi connectivity index (χ4v) is 3.54. The van der Waals surface area contributed by atoms with E-state index in [2.05, 4.69) is 10.1 Å². The van der Waals surface area contributed by atoms with Crippen LogP contribution in [0.4, 0.5) is 27.2 Å². The Bertz CT molecular complexity index is 803. The summed E-state index contributed by atoms with van der Waals surface area (Å²) in [5.41, 5.74) is 5.28. The van der Waals surface area contributed by atoms with Crippen molar-refractivity contribution >= 4 is 12.1 Å². The number of benzene rings is 1. The van der Waals surface area contributed by atoms with E-state index in [1.165, 1.54) is 9.80 Å². The fourth-order valence-electron chi connectivity index (χ4n) is 3.54. The Kier molecular flexibility index (Phi) is 6.25. The Balaban J connectivity index is 1.64. The number of nitrogens with zero attached hydrogens (tertiary/aromatic N) is 2. The van der Waals surface area contributed by atoms with Gasteiger partial charge in [-0.15, -0.1) is 13.2 Å². The van der Waals surface area contributed by atoms with Crippen molar-refractivity contribution in [1.29, 1.82) is 0 Å². The summed E-state index contributed by atoms with van der Waals surface area (Å²) in [6.07, 6.45) is -3.98. The number of ether oxygens (including phenoxy) is 1. The van der Waals surface area contributed by atoms with Crippen LogP contribution in [0.2, 0.25) is 0 Å². The van der Waals surface area contributed by atoms with Crippen LogP contribution < -0.4 is 15.8 Å². The molecule has 0 spiro atoms. The number of β-amino-alcohol motifs (C(OH)–C–C–N with tert-alkyl or cyclic N) is 1. The molecule has 4 N–H and O–H groups in total. The first-order chi connectivity index (χ1) is 14.0. The van der Waals surface area contributed by atoms with Gasteiger partial charge in [0.2, 0.25) is 0 Å². The number of urea groups is 2.